The maximum absolute atomic E-state index is 10.6. The quantitative estimate of drug-likeness (QED) is 0.451. The van der Waals surface area contributed by atoms with Crippen molar-refractivity contribution in [2.24, 2.45) is 0 Å². The summed E-state index contributed by atoms with van der Waals surface area (Å²) in [6.07, 6.45) is -1.03. The van der Waals surface area contributed by atoms with Gasteiger partial charge in [0.25, 0.3) is 0 Å². The number of halogens is 6. The van der Waals surface area contributed by atoms with E-state index < -0.39 is 24.3 Å². The predicted molar refractivity (Wildman–Crippen MR) is 109 cm³/mol. The van der Waals surface area contributed by atoms with E-state index >= 15 is 0 Å². The maximum Gasteiger partial charge on any atom is 0.490 e. The Hall–Kier alpha value is -2.71. The van der Waals surface area contributed by atoms with E-state index in [-0.39, 0.29) is 11.7 Å². The van der Waals surface area contributed by atoms with Crippen LogP contribution >= 0.6 is 0 Å². The highest BCUT2D eigenvalue weighted by Crippen LogP contribution is 2.36. The Morgan fingerprint density at radius 3 is 2.31 bits per heavy atom. The van der Waals surface area contributed by atoms with Gasteiger partial charge in [-0.15, -0.1) is 6.58 Å². The molecule has 3 rings (SSSR count). The molecule has 1 aromatic heterocycles. The van der Waals surface area contributed by atoms with Gasteiger partial charge in [0.2, 0.25) is 0 Å². The topological polar surface area (TPSA) is 109 Å². The van der Waals surface area contributed by atoms with Crippen LogP contribution < -0.4 is 0 Å². The molecule has 0 bridgehead atoms. The summed E-state index contributed by atoms with van der Waals surface area (Å²) in [5.74, 6) is -5.51. The van der Waals surface area contributed by atoms with Gasteiger partial charge in [-0.3, -0.25) is 9.88 Å². The van der Waals surface area contributed by atoms with Crippen LogP contribution in [0.2, 0.25) is 0 Å². The summed E-state index contributed by atoms with van der Waals surface area (Å²) in [6.45, 7) is 8.12. The van der Waals surface area contributed by atoms with Crippen molar-refractivity contribution in [3.8, 4) is 0 Å². The largest absolute Gasteiger partial charge is 0.490 e. The third kappa shape index (κ3) is 11.5. The van der Waals surface area contributed by atoms with E-state index in [2.05, 4.69) is 22.5 Å². The van der Waals surface area contributed by atoms with Crippen molar-refractivity contribution in [1.82, 2.24) is 9.88 Å². The van der Waals surface area contributed by atoms with Gasteiger partial charge in [-0.2, -0.15) is 26.3 Å². The molecule has 1 aromatic rings. The first-order valence-corrected chi connectivity index (χ1v) is 10.3. The number of carbonyl (C=O) groups is 2. The first-order valence-electron chi connectivity index (χ1n) is 10.3. The van der Waals surface area contributed by atoms with Gasteiger partial charge < -0.3 is 19.7 Å². The summed E-state index contributed by atoms with van der Waals surface area (Å²) < 4.78 is 75.4. The van der Waals surface area contributed by atoms with Gasteiger partial charge in [-0.05, 0) is 31.0 Å². The number of nitrogens with zero attached hydrogens (tertiary/aromatic N) is 2. The van der Waals surface area contributed by atoms with E-state index in [0.717, 1.165) is 32.5 Å². The van der Waals surface area contributed by atoms with Crippen molar-refractivity contribution in [3.05, 3.63) is 42.7 Å². The van der Waals surface area contributed by atoms with Crippen LogP contribution in [0.1, 0.15) is 24.8 Å². The molecule has 2 aliphatic heterocycles. The smallest absolute Gasteiger partial charge is 0.475 e. The Morgan fingerprint density at radius 1 is 1.23 bits per heavy atom. The molecule has 2 aliphatic rings. The molecule has 35 heavy (non-hydrogen) atoms. The lowest BCUT2D eigenvalue weighted by Crippen LogP contribution is -2.47. The standard InChI is InChI=1S/C17H24N2O2.2C2HF3O2/c1-2-9-20-16-10-17(21-13-16)6-4-8-19(14-17)12-15-5-3-7-18-11-15;2*3-2(4,5)1(6)7/h2-3,5,7,11,16H,1,4,6,8-10,12-14H2;2*(H,6,7). The molecule has 2 unspecified atom stereocenters. The number of alkyl halides is 6. The van der Waals surface area contributed by atoms with Crippen LogP contribution in [0, 0.1) is 0 Å². The third-order valence-electron chi connectivity index (χ3n) is 4.86. The van der Waals surface area contributed by atoms with E-state index in [1.54, 1.807) is 6.08 Å². The molecular formula is C21H26F6N2O6. The van der Waals surface area contributed by atoms with Crippen LogP contribution in [0.5, 0.6) is 0 Å². The van der Waals surface area contributed by atoms with Crippen LogP contribution in [0.4, 0.5) is 26.3 Å². The minimum atomic E-state index is -5.08. The second-order valence-corrected chi connectivity index (χ2v) is 7.72. The van der Waals surface area contributed by atoms with Crippen LogP contribution in [0.3, 0.4) is 0 Å². The lowest BCUT2D eigenvalue weighted by Gasteiger charge is -2.39. The first kappa shape index (κ1) is 30.3. The zero-order valence-corrected chi connectivity index (χ0v) is 18.5. The normalized spacial score (nSPS) is 22.4. The van der Waals surface area contributed by atoms with Gasteiger partial charge in [0.1, 0.15) is 0 Å². The highest BCUT2D eigenvalue weighted by Gasteiger charge is 2.43. The summed E-state index contributed by atoms with van der Waals surface area (Å²) in [5, 5.41) is 14.2. The minimum absolute atomic E-state index is 0.00764. The molecule has 14 heteroatoms. The second kappa shape index (κ2) is 13.4. The van der Waals surface area contributed by atoms with Gasteiger partial charge in [0, 0.05) is 31.9 Å². The number of likely N-dealkylation sites (tertiary alicyclic amines) is 1. The molecule has 8 nitrogen and oxygen atoms in total. The lowest BCUT2D eigenvalue weighted by atomic mass is 9.89. The molecule has 3 heterocycles. The average Bonchev–Trinajstić information content (AvgIpc) is 3.14. The fourth-order valence-corrected chi connectivity index (χ4v) is 3.47. The van der Waals surface area contributed by atoms with E-state index in [0.29, 0.717) is 13.2 Å². The van der Waals surface area contributed by atoms with Crippen LogP contribution in [0.15, 0.2) is 37.2 Å². The maximum atomic E-state index is 10.6. The molecule has 0 saturated carbocycles. The number of hydrogen-bond donors (Lipinski definition) is 2. The molecule has 198 valence electrons. The molecular weight excluding hydrogens is 490 g/mol. The van der Waals surface area contributed by atoms with E-state index in [1.807, 2.05) is 18.5 Å². The molecule has 2 N–H and O–H groups in total. The van der Waals surface area contributed by atoms with Crippen molar-refractivity contribution in [2.75, 3.05) is 26.3 Å². The number of aliphatic carboxylic acids is 2. The molecule has 0 radical (unpaired) electrons. The zero-order chi connectivity index (χ0) is 26.7. The van der Waals surface area contributed by atoms with Crippen LogP contribution in [-0.2, 0) is 25.6 Å². The summed E-state index contributed by atoms with van der Waals surface area (Å²) in [6, 6.07) is 4.14. The van der Waals surface area contributed by atoms with E-state index in [1.165, 1.54) is 12.0 Å². The lowest BCUT2D eigenvalue weighted by molar-refractivity contribution is -0.193. The van der Waals surface area contributed by atoms with Crippen molar-refractivity contribution < 1.29 is 55.6 Å². The van der Waals surface area contributed by atoms with Crippen molar-refractivity contribution in [3.63, 3.8) is 0 Å². The number of rotatable bonds is 5. The van der Waals surface area contributed by atoms with Crippen LogP contribution in [-0.4, -0.2) is 82.4 Å². The molecule has 2 saturated heterocycles. The molecule has 2 atom stereocenters. The number of pyridine rings is 1. The monoisotopic (exact) mass is 516 g/mol. The SMILES string of the molecule is C=CCOC1COC2(CCCN(Cc3cccnc3)C2)C1.O=C(O)C(F)(F)F.O=C(O)C(F)(F)F. The number of aromatic nitrogens is 1. The number of carboxylic acid groups (broad SMARTS) is 2. The summed E-state index contributed by atoms with van der Waals surface area (Å²) in [5.41, 5.74) is 1.26. The van der Waals surface area contributed by atoms with Gasteiger partial charge in [-0.1, -0.05) is 12.1 Å². The molecule has 0 amide bonds. The molecule has 2 fully saturated rings. The number of hydrogen-bond acceptors (Lipinski definition) is 6. The predicted octanol–water partition coefficient (Wildman–Crippen LogP) is 3.67. The fraction of sp³-hybridized carbons (Fsp3) is 0.571. The molecule has 0 aliphatic carbocycles. The fourth-order valence-electron chi connectivity index (χ4n) is 3.47. The highest BCUT2D eigenvalue weighted by molar-refractivity contribution is 5.73. The molecule has 0 aromatic carbocycles. The van der Waals surface area contributed by atoms with Crippen molar-refractivity contribution >= 4 is 11.9 Å². The summed E-state index contributed by atoms with van der Waals surface area (Å²) in [4.78, 5) is 24.5. The Kier molecular flexibility index (Phi) is 11.6. The second-order valence-electron chi connectivity index (χ2n) is 7.72. The average molecular weight is 516 g/mol. The zero-order valence-electron chi connectivity index (χ0n) is 18.5. The Morgan fingerprint density at radius 2 is 1.83 bits per heavy atom. The van der Waals surface area contributed by atoms with E-state index in [4.69, 9.17) is 29.3 Å². The van der Waals surface area contributed by atoms with Crippen molar-refractivity contribution in [2.45, 2.75) is 49.9 Å². The van der Waals surface area contributed by atoms with E-state index in [9.17, 15) is 26.3 Å². The number of piperidine rings is 1. The van der Waals surface area contributed by atoms with Gasteiger partial charge >= 0.3 is 24.3 Å². The summed E-state index contributed by atoms with van der Waals surface area (Å²) in [7, 11) is 0. The van der Waals surface area contributed by atoms with Crippen molar-refractivity contribution in [1.29, 1.82) is 0 Å². The minimum Gasteiger partial charge on any atom is -0.475 e. The molecule has 1 spiro atoms. The number of ether oxygens (including phenoxy) is 2. The first-order chi connectivity index (χ1) is 16.2. The van der Waals surface area contributed by atoms with Gasteiger partial charge in [0.05, 0.1) is 24.9 Å². The highest BCUT2D eigenvalue weighted by atomic mass is 19.4. The summed E-state index contributed by atoms with van der Waals surface area (Å²) >= 11 is 0. The third-order valence-corrected chi connectivity index (χ3v) is 4.86. The Balaban J connectivity index is 0.000000362. The Labute approximate surface area is 197 Å². The van der Waals surface area contributed by atoms with Gasteiger partial charge in [0.15, 0.2) is 0 Å². The van der Waals surface area contributed by atoms with Crippen LogP contribution in [0.25, 0.3) is 0 Å². The Bertz CT molecular complexity index is 797. The number of carboxylic acids is 2. The van der Waals surface area contributed by atoms with Gasteiger partial charge in [-0.25, -0.2) is 9.59 Å².